The van der Waals surface area contributed by atoms with Crippen LogP contribution in [0.2, 0.25) is 0 Å². The molecule has 1 aromatic carbocycles. The smallest absolute Gasteiger partial charge is 0.261 e. The highest BCUT2D eigenvalue weighted by atomic mass is 79.9. The molecule has 0 aliphatic heterocycles. The molecule has 2 aliphatic carbocycles. The Hall–Kier alpha value is -1.69. The third kappa shape index (κ3) is 3.70. The zero-order chi connectivity index (χ0) is 18.1. The molecule has 26 heavy (non-hydrogen) atoms. The number of aromatic nitrogens is 2. The number of aryl methyl sites for hydroxylation is 1. The fraction of sp³-hybridized carbons (Fsp3) is 0.550. The van der Waals surface area contributed by atoms with Crippen molar-refractivity contribution in [1.82, 2.24) is 14.5 Å². The maximum atomic E-state index is 12.9. The Morgan fingerprint density at radius 2 is 1.88 bits per heavy atom. The first-order valence-corrected chi connectivity index (χ1v) is 10.4. The molecule has 2 aromatic rings. The van der Waals surface area contributed by atoms with E-state index in [9.17, 15) is 9.59 Å². The lowest BCUT2D eigenvalue weighted by Crippen LogP contribution is -2.43. The molecule has 0 unspecified atom stereocenters. The zero-order valence-corrected chi connectivity index (χ0v) is 16.5. The van der Waals surface area contributed by atoms with Crippen LogP contribution in [0.4, 0.5) is 0 Å². The van der Waals surface area contributed by atoms with Crippen molar-refractivity contribution in [3.63, 3.8) is 0 Å². The largest absolute Gasteiger partial charge is 0.337 e. The van der Waals surface area contributed by atoms with Gasteiger partial charge >= 0.3 is 0 Å². The van der Waals surface area contributed by atoms with Crippen LogP contribution in [-0.2, 0) is 11.3 Å². The summed E-state index contributed by atoms with van der Waals surface area (Å²) in [5.41, 5.74) is 0.599. The molecule has 0 N–H and O–H groups in total. The molecule has 1 heterocycles. The van der Waals surface area contributed by atoms with Crippen LogP contribution >= 0.6 is 15.9 Å². The van der Waals surface area contributed by atoms with Gasteiger partial charge in [-0.25, -0.2) is 4.98 Å². The van der Waals surface area contributed by atoms with Crippen LogP contribution in [0, 0.1) is 0 Å². The number of nitrogens with zero attached hydrogens (tertiary/aromatic N) is 3. The van der Waals surface area contributed by atoms with E-state index in [0.29, 0.717) is 36.0 Å². The molecular formula is C20H24BrN3O2. The molecule has 6 heteroatoms. The molecule has 1 aromatic heterocycles. The van der Waals surface area contributed by atoms with E-state index >= 15 is 0 Å². The first kappa shape index (κ1) is 17.7. The topological polar surface area (TPSA) is 55.2 Å². The standard InChI is InChI=1S/C20H24BrN3O2/c21-14-6-9-18-17(12-14)20(26)23(13-22-18)11-10-19(25)24(16-7-8-16)15-4-2-1-3-5-15/h6,9,12-13,15-16H,1-5,7-8,10-11H2. The second-order valence-corrected chi connectivity index (χ2v) is 8.39. The SMILES string of the molecule is O=C(CCn1cnc2ccc(Br)cc2c1=O)N(C1CCCCC1)C1CC1. The summed E-state index contributed by atoms with van der Waals surface area (Å²) in [6.45, 7) is 0.392. The van der Waals surface area contributed by atoms with Gasteiger partial charge in [0.15, 0.2) is 0 Å². The van der Waals surface area contributed by atoms with Gasteiger partial charge in [0.25, 0.3) is 5.56 Å². The highest BCUT2D eigenvalue weighted by Gasteiger charge is 2.37. The fourth-order valence-corrected chi connectivity index (χ4v) is 4.41. The number of carbonyl (C=O) groups is 1. The van der Waals surface area contributed by atoms with Crippen molar-refractivity contribution in [2.45, 2.75) is 70.0 Å². The lowest BCUT2D eigenvalue weighted by Gasteiger charge is -2.34. The third-order valence-corrected chi connectivity index (χ3v) is 6.04. The maximum absolute atomic E-state index is 12.9. The first-order valence-electron chi connectivity index (χ1n) is 9.59. The number of fused-ring (bicyclic) bond motifs is 1. The van der Waals surface area contributed by atoms with Crippen molar-refractivity contribution < 1.29 is 4.79 Å². The van der Waals surface area contributed by atoms with Crippen LogP contribution < -0.4 is 5.56 Å². The lowest BCUT2D eigenvalue weighted by molar-refractivity contribution is -0.135. The molecule has 2 saturated carbocycles. The van der Waals surface area contributed by atoms with Gasteiger partial charge in [-0.1, -0.05) is 35.2 Å². The second-order valence-electron chi connectivity index (χ2n) is 7.48. The molecule has 2 fully saturated rings. The van der Waals surface area contributed by atoms with Crippen LogP contribution in [0.3, 0.4) is 0 Å². The predicted octanol–water partition coefficient (Wildman–Crippen LogP) is 3.87. The van der Waals surface area contributed by atoms with Gasteiger partial charge in [0.2, 0.25) is 5.91 Å². The summed E-state index contributed by atoms with van der Waals surface area (Å²) < 4.78 is 2.42. The molecule has 4 rings (SSSR count). The molecule has 0 atom stereocenters. The minimum atomic E-state index is -0.0836. The number of benzene rings is 1. The molecule has 138 valence electrons. The van der Waals surface area contributed by atoms with Crippen LogP contribution in [0.15, 0.2) is 33.8 Å². The quantitative estimate of drug-likeness (QED) is 0.741. The van der Waals surface area contributed by atoms with Gasteiger partial charge in [-0.3, -0.25) is 14.2 Å². The number of rotatable bonds is 5. The summed E-state index contributed by atoms with van der Waals surface area (Å²) in [6.07, 6.45) is 10.2. The summed E-state index contributed by atoms with van der Waals surface area (Å²) in [5.74, 6) is 0.195. The fourth-order valence-electron chi connectivity index (χ4n) is 4.05. The average molecular weight is 418 g/mol. The van der Waals surface area contributed by atoms with E-state index in [2.05, 4.69) is 25.8 Å². The van der Waals surface area contributed by atoms with E-state index in [-0.39, 0.29) is 11.5 Å². The van der Waals surface area contributed by atoms with Crippen molar-refractivity contribution in [2.75, 3.05) is 0 Å². The first-order chi connectivity index (χ1) is 12.6. The molecular weight excluding hydrogens is 394 g/mol. The van der Waals surface area contributed by atoms with Gasteiger partial charge in [0, 0.05) is 29.5 Å². The second kappa shape index (κ2) is 7.51. The Morgan fingerprint density at radius 3 is 2.62 bits per heavy atom. The Balaban J connectivity index is 1.49. The van der Waals surface area contributed by atoms with Gasteiger partial charge in [-0.2, -0.15) is 0 Å². The molecule has 0 spiro atoms. The Bertz CT molecular complexity index is 869. The molecule has 0 saturated heterocycles. The summed E-state index contributed by atoms with van der Waals surface area (Å²) in [4.78, 5) is 32.1. The lowest BCUT2D eigenvalue weighted by atomic mass is 9.94. The van der Waals surface area contributed by atoms with Crippen LogP contribution in [-0.4, -0.2) is 32.4 Å². The van der Waals surface area contributed by atoms with Gasteiger partial charge in [-0.05, 0) is 43.9 Å². The summed E-state index contributed by atoms with van der Waals surface area (Å²) >= 11 is 3.40. The van der Waals surface area contributed by atoms with E-state index in [1.54, 1.807) is 17.0 Å². The average Bonchev–Trinajstić information content (AvgIpc) is 3.48. The Labute approximate surface area is 161 Å². The molecule has 2 aliphatic rings. The van der Waals surface area contributed by atoms with Crippen molar-refractivity contribution in [3.8, 4) is 0 Å². The van der Waals surface area contributed by atoms with Gasteiger partial charge < -0.3 is 4.90 Å². The monoisotopic (exact) mass is 417 g/mol. The van der Waals surface area contributed by atoms with Crippen molar-refractivity contribution in [3.05, 3.63) is 39.4 Å². The molecule has 0 radical (unpaired) electrons. The van der Waals surface area contributed by atoms with E-state index in [4.69, 9.17) is 0 Å². The zero-order valence-electron chi connectivity index (χ0n) is 14.9. The van der Waals surface area contributed by atoms with Gasteiger partial charge in [0.1, 0.15) is 0 Å². The highest BCUT2D eigenvalue weighted by molar-refractivity contribution is 9.10. The van der Waals surface area contributed by atoms with Gasteiger partial charge in [-0.15, -0.1) is 0 Å². The summed E-state index contributed by atoms with van der Waals surface area (Å²) in [5, 5.41) is 0.584. The highest BCUT2D eigenvalue weighted by Crippen LogP contribution is 2.34. The number of amides is 1. The minimum absolute atomic E-state index is 0.0836. The Morgan fingerprint density at radius 1 is 1.15 bits per heavy atom. The Kier molecular flexibility index (Phi) is 5.11. The van der Waals surface area contributed by atoms with Crippen LogP contribution in [0.1, 0.15) is 51.4 Å². The maximum Gasteiger partial charge on any atom is 0.261 e. The minimum Gasteiger partial charge on any atom is -0.337 e. The van der Waals surface area contributed by atoms with Crippen molar-refractivity contribution in [1.29, 1.82) is 0 Å². The third-order valence-electron chi connectivity index (χ3n) is 5.55. The number of hydrogen-bond donors (Lipinski definition) is 0. The van der Waals surface area contributed by atoms with Gasteiger partial charge in [0.05, 0.1) is 17.2 Å². The number of halogens is 1. The van der Waals surface area contributed by atoms with Crippen molar-refractivity contribution in [2.24, 2.45) is 0 Å². The van der Waals surface area contributed by atoms with Crippen LogP contribution in [0.5, 0.6) is 0 Å². The summed E-state index contributed by atoms with van der Waals surface area (Å²) in [7, 11) is 0. The van der Waals surface area contributed by atoms with E-state index in [0.717, 1.165) is 30.2 Å². The van der Waals surface area contributed by atoms with E-state index in [1.807, 2.05) is 12.1 Å². The number of carbonyl (C=O) groups excluding carboxylic acids is 1. The number of hydrogen-bond acceptors (Lipinski definition) is 3. The van der Waals surface area contributed by atoms with Crippen LogP contribution in [0.25, 0.3) is 10.9 Å². The molecule has 0 bridgehead atoms. The molecule has 5 nitrogen and oxygen atoms in total. The normalized spacial score (nSPS) is 18.2. The summed E-state index contributed by atoms with van der Waals surface area (Å²) in [6, 6.07) is 6.34. The van der Waals surface area contributed by atoms with E-state index in [1.165, 1.54) is 19.3 Å². The van der Waals surface area contributed by atoms with Crippen molar-refractivity contribution >= 4 is 32.7 Å². The van der Waals surface area contributed by atoms with E-state index < -0.39 is 0 Å². The predicted molar refractivity (Wildman–Crippen MR) is 105 cm³/mol. The molecule has 1 amide bonds.